The van der Waals surface area contributed by atoms with Crippen molar-refractivity contribution in [3.05, 3.63) is 60.2 Å². The average Bonchev–Trinajstić information content (AvgIpc) is 2.49. The molecule has 0 atom stereocenters. The van der Waals surface area contributed by atoms with Gasteiger partial charge >= 0.3 is 0 Å². The zero-order valence-electron chi connectivity index (χ0n) is 11.1. The SMILES string of the molecule is Fc1ccc(NC(=S)NCCSc2ccccc2)cc1F. The van der Waals surface area contributed by atoms with Crippen molar-refractivity contribution < 1.29 is 8.78 Å². The largest absolute Gasteiger partial charge is 0.362 e. The molecule has 0 spiro atoms. The predicted octanol–water partition coefficient (Wildman–Crippen LogP) is 4.04. The van der Waals surface area contributed by atoms with Crippen LogP contribution >= 0.6 is 24.0 Å². The number of anilines is 1. The number of thiocarbonyl (C=S) groups is 1. The summed E-state index contributed by atoms with van der Waals surface area (Å²) in [6.07, 6.45) is 0. The quantitative estimate of drug-likeness (QED) is 0.492. The van der Waals surface area contributed by atoms with Gasteiger partial charge in [0.1, 0.15) is 0 Å². The second-order valence-electron chi connectivity index (χ2n) is 4.17. The number of nitrogens with one attached hydrogen (secondary N) is 2. The van der Waals surface area contributed by atoms with Gasteiger partial charge in [-0.15, -0.1) is 11.8 Å². The average molecular weight is 324 g/mol. The van der Waals surface area contributed by atoms with Crippen LogP contribution in [0.1, 0.15) is 0 Å². The normalized spacial score (nSPS) is 10.2. The molecule has 21 heavy (non-hydrogen) atoms. The molecular weight excluding hydrogens is 310 g/mol. The first-order chi connectivity index (χ1) is 10.1. The van der Waals surface area contributed by atoms with Crippen LogP contribution in [-0.2, 0) is 0 Å². The highest BCUT2D eigenvalue weighted by Crippen LogP contribution is 2.16. The Morgan fingerprint density at radius 3 is 2.52 bits per heavy atom. The zero-order chi connectivity index (χ0) is 15.1. The summed E-state index contributed by atoms with van der Waals surface area (Å²) in [5.74, 6) is -0.926. The molecule has 0 radical (unpaired) electrons. The van der Waals surface area contributed by atoms with Gasteiger partial charge < -0.3 is 10.6 Å². The Morgan fingerprint density at radius 2 is 1.81 bits per heavy atom. The molecule has 2 nitrogen and oxygen atoms in total. The number of rotatable bonds is 5. The summed E-state index contributed by atoms with van der Waals surface area (Å²) in [6, 6.07) is 13.6. The van der Waals surface area contributed by atoms with Crippen molar-refractivity contribution in [3.63, 3.8) is 0 Å². The molecule has 0 saturated carbocycles. The summed E-state index contributed by atoms with van der Waals surface area (Å²) in [5, 5.41) is 6.22. The summed E-state index contributed by atoms with van der Waals surface area (Å²) in [4.78, 5) is 1.19. The Bertz CT molecular complexity index is 606. The molecule has 0 aromatic heterocycles. The van der Waals surface area contributed by atoms with Crippen LogP contribution in [0.3, 0.4) is 0 Å². The first kappa shape index (κ1) is 15.7. The lowest BCUT2D eigenvalue weighted by Crippen LogP contribution is -2.30. The van der Waals surface area contributed by atoms with Gasteiger partial charge in [-0.2, -0.15) is 0 Å². The maximum atomic E-state index is 13.0. The Balaban J connectivity index is 1.71. The molecule has 0 bridgehead atoms. The number of thioether (sulfide) groups is 1. The zero-order valence-corrected chi connectivity index (χ0v) is 12.7. The van der Waals surface area contributed by atoms with Crippen LogP contribution in [0.25, 0.3) is 0 Å². The predicted molar refractivity (Wildman–Crippen MR) is 87.7 cm³/mol. The fourth-order valence-electron chi connectivity index (χ4n) is 1.60. The second kappa shape index (κ2) is 7.95. The lowest BCUT2D eigenvalue weighted by molar-refractivity contribution is 0.509. The number of hydrogen-bond acceptors (Lipinski definition) is 2. The van der Waals surface area contributed by atoms with E-state index in [1.807, 2.05) is 30.3 Å². The monoisotopic (exact) mass is 324 g/mol. The van der Waals surface area contributed by atoms with Crippen molar-refractivity contribution in [2.45, 2.75) is 4.90 Å². The summed E-state index contributed by atoms with van der Waals surface area (Å²) in [5.41, 5.74) is 0.419. The molecule has 2 N–H and O–H groups in total. The molecule has 0 aliphatic rings. The van der Waals surface area contributed by atoms with E-state index in [2.05, 4.69) is 10.6 Å². The molecule has 0 amide bonds. The summed E-state index contributed by atoms with van der Waals surface area (Å²) < 4.78 is 25.8. The molecular formula is C15H14F2N2S2. The first-order valence-corrected chi connectivity index (χ1v) is 7.72. The van der Waals surface area contributed by atoms with Crippen molar-refractivity contribution in [2.75, 3.05) is 17.6 Å². The van der Waals surface area contributed by atoms with E-state index in [4.69, 9.17) is 12.2 Å². The molecule has 110 valence electrons. The Hall–Kier alpha value is -1.66. The minimum Gasteiger partial charge on any atom is -0.362 e. The Kier molecular flexibility index (Phi) is 5.95. The van der Waals surface area contributed by atoms with Crippen molar-refractivity contribution in [2.24, 2.45) is 0 Å². The van der Waals surface area contributed by atoms with E-state index in [9.17, 15) is 8.78 Å². The fourth-order valence-corrected chi connectivity index (χ4v) is 2.61. The van der Waals surface area contributed by atoms with Crippen LogP contribution in [0.2, 0.25) is 0 Å². The maximum absolute atomic E-state index is 13.0. The third-order valence-corrected chi connectivity index (χ3v) is 3.84. The van der Waals surface area contributed by atoms with Crippen LogP contribution in [0.5, 0.6) is 0 Å². The van der Waals surface area contributed by atoms with E-state index in [1.54, 1.807) is 11.8 Å². The van der Waals surface area contributed by atoms with E-state index < -0.39 is 11.6 Å². The molecule has 0 unspecified atom stereocenters. The van der Waals surface area contributed by atoms with E-state index in [1.165, 1.54) is 11.0 Å². The van der Waals surface area contributed by atoms with Crippen LogP contribution in [0.4, 0.5) is 14.5 Å². The van der Waals surface area contributed by atoms with E-state index in [0.29, 0.717) is 17.3 Å². The van der Waals surface area contributed by atoms with Gasteiger partial charge in [0.05, 0.1) is 0 Å². The van der Waals surface area contributed by atoms with E-state index >= 15 is 0 Å². The third-order valence-electron chi connectivity index (χ3n) is 2.58. The first-order valence-electron chi connectivity index (χ1n) is 6.33. The topological polar surface area (TPSA) is 24.1 Å². The molecule has 2 aromatic carbocycles. The summed E-state index contributed by atoms with van der Waals surface area (Å²) >= 11 is 6.81. The number of hydrogen-bond donors (Lipinski definition) is 2. The van der Waals surface area contributed by atoms with Gasteiger partial charge in [0.15, 0.2) is 16.7 Å². The smallest absolute Gasteiger partial charge is 0.170 e. The molecule has 2 aromatic rings. The van der Waals surface area contributed by atoms with E-state index in [-0.39, 0.29) is 0 Å². The van der Waals surface area contributed by atoms with Gasteiger partial charge in [-0.1, -0.05) is 18.2 Å². The minimum absolute atomic E-state index is 0.384. The van der Waals surface area contributed by atoms with E-state index in [0.717, 1.165) is 17.9 Å². The van der Waals surface area contributed by atoms with Crippen molar-refractivity contribution in [1.82, 2.24) is 5.32 Å². The molecule has 0 saturated heterocycles. The minimum atomic E-state index is -0.901. The molecule has 0 heterocycles. The van der Waals surface area contributed by atoms with Gasteiger partial charge in [-0.05, 0) is 36.5 Å². The van der Waals surface area contributed by atoms with Crippen molar-refractivity contribution in [1.29, 1.82) is 0 Å². The molecule has 0 fully saturated rings. The third kappa shape index (κ3) is 5.32. The molecule has 2 rings (SSSR count). The van der Waals surface area contributed by atoms with Gasteiger partial charge in [-0.25, -0.2) is 8.78 Å². The van der Waals surface area contributed by atoms with Crippen LogP contribution in [0, 0.1) is 11.6 Å². The van der Waals surface area contributed by atoms with Crippen LogP contribution < -0.4 is 10.6 Å². The van der Waals surface area contributed by atoms with Crippen LogP contribution in [0.15, 0.2) is 53.4 Å². The Morgan fingerprint density at radius 1 is 1.05 bits per heavy atom. The second-order valence-corrected chi connectivity index (χ2v) is 5.75. The highest BCUT2D eigenvalue weighted by molar-refractivity contribution is 7.99. The molecule has 0 aliphatic carbocycles. The van der Waals surface area contributed by atoms with Gasteiger partial charge in [-0.3, -0.25) is 0 Å². The van der Waals surface area contributed by atoms with Crippen molar-refractivity contribution >= 4 is 34.8 Å². The number of halogens is 2. The molecule has 6 heteroatoms. The van der Waals surface area contributed by atoms with Gasteiger partial charge in [0, 0.05) is 28.9 Å². The fraction of sp³-hybridized carbons (Fsp3) is 0.133. The lowest BCUT2D eigenvalue weighted by Gasteiger charge is -2.10. The highest BCUT2D eigenvalue weighted by atomic mass is 32.2. The lowest BCUT2D eigenvalue weighted by atomic mass is 10.3. The van der Waals surface area contributed by atoms with Crippen LogP contribution in [-0.4, -0.2) is 17.4 Å². The maximum Gasteiger partial charge on any atom is 0.170 e. The Labute approximate surface area is 131 Å². The highest BCUT2D eigenvalue weighted by Gasteiger charge is 2.03. The standard InChI is InChI=1S/C15H14F2N2S2/c16-13-7-6-11(10-14(13)17)19-15(20)18-8-9-21-12-4-2-1-3-5-12/h1-7,10H,8-9H2,(H2,18,19,20). The summed E-state index contributed by atoms with van der Waals surface area (Å²) in [7, 11) is 0. The summed E-state index contributed by atoms with van der Waals surface area (Å²) in [6.45, 7) is 0.676. The van der Waals surface area contributed by atoms with Crippen molar-refractivity contribution in [3.8, 4) is 0 Å². The van der Waals surface area contributed by atoms with Gasteiger partial charge in [0.25, 0.3) is 0 Å². The molecule has 0 aliphatic heterocycles. The number of benzene rings is 2. The van der Waals surface area contributed by atoms with Gasteiger partial charge in [0.2, 0.25) is 0 Å².